The highest BCUT2D eigenvalue weighted by molar-refractivity contribution is 8.00. The molecule has 1 aromatic heterocycles. The van der Waals surface area contributed by atoms with Gasteiger partial charge in [0.25, 0.3) is 0 Å². The van der Waals surface area contributed by atoms with Crippen LogP contribution in [0.3, 0.4) is 0 Å². The number of hydrogen-bond acceptors (Lipinski definition) is 7. The summed E-state index contributed by atoms with van der Waals surface area (Å²) in [4.78, 5) is 40.9. The molecule has 1 saturated heterocycles. The Balaban J connectivity index is 1.56. The number of aromatic nitrogens is 1. The number of ether oxygens (including phenoxy) is 1. The second-order valence-electron chi connectivity index (χ2n) is 8.39. The number of thioether (sulfide) groups is 1. The van der Waals surface area contributed by atoms with Crippen molar-refractivity contribution in [1.29, 1.82) is 0 Å². The van der Waals surface area contributed by atoms with Crippen LogP contribution in [0, 0.1) is 29.6 Å². The minimum Gasteiger partial charge on any atom is -0.508 e. The summed E-state index contributed by atoms with van der Waals surface area (Å²) in [5.41, 5.74) is 1.02. The van der Waals surface area contributed by atoms with Crippen LogP contribution in [0.5, 0.6) is 5.75 Å². The molecule has 2 aliphatic heterocycles. The molecule has 2 bridgehead atoms. The van der Waals surface area contributed by atoms with Crippen LogP contribution in [0.1, 0.15) is 29.7 Å². The minimum atomic E-state index is -0.382. The van der Waals surface area contributed by atoms with Crippen molar-refractivity contribution < 1.29 is 19.4 Å². The Bertz CT molecular complexity index is 1090. The highest BCUT2D eigenvalue weighted by Gasteiger charge is 2.73. The van der Waals surface area contributed by atoms with E-state index >= 15 is 0 Å². The van der Waals surface area contributed by atoms with E-state index in [-0.39, 0.29) is 62.8 Å². The summed E-state index contributed by atoms with van der Waals surface area (Å²) in [6.45, 7) is 2.17. The highest BCUT2D eigenvalue weighted by atomic mass is 32.2. The molecule has 2 aromatic rings. The predicted molar refractivity (Wildman–Crippen MR) is 102 cm³/mol. The van der Waals surface area contributed by atoms with E-state index in [2.05, 4.69) is 11.9 Å². The number of esters is 2. The molecule has 0 radical (unpaired) electrons. The summed E-state index contributed by atoms with van der Waals surface area (Å²) in [7, 11) is 0. The molecule has 2 N–H and O–H groups in total. The van der Waals surface area contributed by atoms with E-state index in [1.807, 2.05) is 12.1 Å². The van der Waals surface area contributed by atoms with E-state index in [0.717, 1.165) is 21.9 Å². The molecule has 144 valence electrons. The number of phenols is 1. The van der Waals surface area contributed by atoms with Crippen molar-refractivity contribution >= 4 is 35.0 Å². The van der Waals surface area contributed by atoms with E-state index < -0.39 is 0 Å². The van der Waals surface area contributed by atoms with E-state index in [9.17, 15) is 19.5 Å². The third-order valence-corrected chi connectivity index (χ3v) is 9.91. The number of rotatable bonds is 1. The standard InChI is InChI=1S/C20H17NO5S2/c1-20-10-6-9(12-13(10)18(24)26-17(12)23)14(20)11(7-2-4-8(22)5-3-7)15-16(28-20)21-19(25)27-15/h2-5,9-14,22H,6H2,1H3,(H,21,25)/t9-,10-,11+,12-,13-,14-,20+/m0/s1. The summed E-state index contributed by atoms with van der Waals surface area (Å²) >= 11 is 2.88. The molecule has 2 aliphatic carbocycles. The minimum absolute atomic E-state index is 0.0487. The Morgan fingerprint density at radius 2 is 1.86 bits per heavy atom. The Kier molecular flexibility index (Phi) is 3.19. The van der Waals surface area contributed by atoms with E-state index in [1.165, 1.54) is 11.3 Å². The van der Waals surface area contributed by atoms with Gasteiger partial charge in [-0.15, -0.1) is 11.8 Å². The molecule has 0 unspecified atom stereocenters. The second-order valence-corrected chi connectivity index (χ2v) is 10.9. The van der Waals surface area contributed by atoms with E-state index in [4.69, 9.17) is 4.74 Å². The van der Waals surface area contributed by atoms with Crippen LogP contribution in [0.4, 0.5) is 0 Å². The molecule has 6 rings (SSSR count). The SMILES string of the molecule is C[C@]12Sc3[nH]c(=O)sc3[C@H](c3ccc(O)cc3)[C@@H]1[C@H]1C[C@H]2[C@@H]2C(=O)OC(=O)[C@@H]12. The van der Waals surface area contributed by atoms with Gasteiger partial charge < -0.3 is 14.8 Å². The number of cyclic esters (lactones) is 2. The van der Waals surface area contributed by atoms with Crippen molar-refractivity contribution in [2.45, 2.75) is 29.0 Å². The number of nitrogens with one attached hydrogen (secondary N) is 1. The van der Waals surface area contributed by atoms with Gasteiger partial charge >= 0.3 is 16.8 Å². The molecular formula is C20H17NO5S2. The van der Waals surface area contributed by atoms with Gasteiger partial charge in [0, 0.05) is 15.5 Å². The monoisotopic (exact) mass is 415 g/mol. The normalized spacial score (nSPS) is 40.2. The maximum Gasteiger partial charge on any atom is 0.317 e. The van der Waals surface area contributed by atoms with E-state index in [0.29, 0.717) is 0 Å². The van der Waals surface area contributed by atoms with Crippen LogP contribution in [0.15, 0.2) is 34.1 Å². The average molecular weight is 415 g/mol. The van der Waals surface area contributed by atoms with Gasteiger partial charge in [-0.1, -0.05) is 23.5 Å². The van der Waals surface area contributed by atoms with Crippen LogP contribution in [0.25, 0.3) is 0 Å². The van der Waals surface area contributed by atoms with Gasteiger partial charge in [0.05, 0.1) is 16.9 Å². The molecule has 4 aliphatic rings. The number of fused-ring (bicyclic) bond motifs is 9. The van der Waals surface area contributed by atoms with Crippen molar-refractivity contribution in [2.24, 2.45) is 29.6 Å². The molecule has 6 nitrogen and oxygen atoms in total. The zero-order chi connectivity index (χ0) is 19.4. The fourth-order valence-electron chi connectivity index (χ4n) is 6.36. The summed E-state index contributed by atoms with van der Waals surface area (Å²) < 4.78 is 4.75. The number of carbonyl (C=O) groups is 2. The molecule has 7 atom stereocenters. The lowest BCUT2D eigenvalue weighted by Gasteiger charge is -2.49. The second kappa shape index (κ2) is 5.30. The zero-order valence-electron chi connectivity index (χ0n) is 14.9. The highest BCUT2D eigenvalue weighted by Crippen LogP contribution is 2.73. The fourth-order valence-corrected chi connectivity index (χ4v) is 9.23. The number of hydrogen-bond donors (Lipinski definition) is 2. The van der Waals surface area contributed by atoms with Gasteiger partial charge in [0.15, 0.2) is 0 Å². The van der Waals surface area contributed by atoms with Gasteiger partial charge in [0.1, 0.15) is 5.75 Å². The van der Waals surface area contributed by atoms with Crippen LogP contribution < -0.4 is 4.87 Å². The summed E-state index contributed by atoms with van der Waals surface area (Å²) in [5.74, 6) is -1.14. The summed E-state index contributed by atoms with van der Waals surface area (Å²) in [5, 5.41) is 10.6. The molecule has 3 fully saturated rings. The van der Waals surface area contributed by atoms with Gasteiger partial charge in [0.2, 0.25) is 0 Å². The van der Waals surface area contributed by atoms with E-state index in [1.54, 1.807) is 23.9 Å². The fraction of sp³-hybridized carbons (Fsp3) is 0.450. The topological polar surface area (TPSA) is 96.5 Å². The lowest BCUT2D eigenvalue weighted by atomic mass is 9.63. The molecule has 2 saturated carbocycles. The predicted octanol–water partition coefficient (Wildman–Crippen LogP) is 2.72. The third-order valence-electron chi connectivity index (χ3n) is 7.27. The number of aromatic hydroxyl groups is 1. The number of carbonyl (C=O) groups excluding carboxylic acids is 2. The van der Waals surface area contributed by atoms with Crippen LogP contribution in [0.2, 0.25) is 0 Å². The largest absolute Gasteiger partial charge is 0.508 e. The van der Waals surface area contributed by atoms with Crippen LogP contribution >= 0.6 is 23.1 Å². The number of phenolic OH excluding ortho intramolecular Hbond substituents is 1. The smallest absolute Gasteiger partial charge is 0.317 e. The van der Waals surface area contributed by atoms with Crippen molar-refractivity contribution in [3.8, 4) is 5.75 Å². The van der Waals surface area contributed by atoms with Crippen LogP contribution in [-0.2, 0) is 14.3 Å². The maximum absolute atomic E-state index is 12.4. The van der Waals surface area contributed by atoms with Crippen LogP contribution in [-0.4, -0.2) is 26.8 Å². The molecule has 1 aromatic carbocycles. The molecule has 0 spiro atoms. The molecule has 28 heavy (non-hydrogen) atoms. The molecule has 8 heteroatoms. The van der Waals surface area contributed by atoms with Crippen molar-refractivity contribution in [3.05, 3.63) is 44.4 Å². The maximum atomic E-state index is 12.4. The first-order chi connectivity index (χ1) is 13.4. The quantitative estimate of drug-likeness (QED) is 0.549. The lowest BCUT2D eigenvalue weighted by Crippen LogP contribution is -2.50. The number of thiazole rings is 1. The number of H-pyrrole nitrogens is 1. The molecule has 3 heterocycles. The van der Waals surface area contributed by atoms with Crippen molar-refractivity contribution in [2.75, 3.05) is 0 Å². The Morgan fingerprint density at radius 1 is 1.14 bits per heavy atom. The lowest BCUT2D eigenvalue weighted by molar-refractivity contribution is -0.154. The Hall–Kier alpha value is -2.06. The third kappa shape index (κ3) is 1.92. The first-order valence-corrected chi connectivity index (χ1v) is 11.0. The van der Waals surface area contributed by atoms with Gasteiger partial charge in [-0.25, -0.2) is 0 Å². The van der Waals surface area contributed by atoms with Gasteiger partial charge in [-0.3, -0.25) is 14.4 Å². The number of aromatic amines is 1. The van der Waals surface area contributed by atoms with Crippen molar-refractivity contribution in [1.82, 2.24) is 4.98 Å². The first-order valence-electron chi connectivity index (χ1n) is 9.35. The molecule has 0 amide bonds. The molecular weight excluding hydrogens is 398 g/mol. The number of benzene rings is 1. The summed E-state index contributed by atoms with van der Waals surface area (Å²) in [6.07, 6.45) is 0.831. The Morgan fingerprint density at radius 3 is 2.61 bits per heavy atom. The average Bonchev–Trinajstić information content (AvgIpc) is 3.34. The van der Waals surface area contributed by atoms with Crippen molar-refractivity contribution in [3.63, 3.8) is 0 Å². The van der Waals surface area contributed by atoms with Gasteiger partial charge in [-0.05, 0) is 48.8 Å². The summed E-state index contributed by atoms with van der Waals surface area (Å²) in [6, 6.07) is 7.11. The first kappa shape index (κ1) is 16.9. The van der Waals surface area contributed by atoms with Gasteiger partial charge in [-0.2, -0.15) is 0 Å². The Labute approximate surface area is 168 Å². The zero-order valence-corrected chi connectivity index (χ0v) is 16.5.